The molecule has 1 aromatic carbocycles. The fraction of sp³-hybridized carbons (Fsp3) is 0.500. The number of ether oxygens (including phenoxy) is 2. The van der Waals surface area contributed by atoms with Gasteiger partial charge < -0.3 is 14.4 Å². The van der Waals surface area contributed by atoms with Gasteiger partial charge in [-0.3, -0.25) is 9.48 Å². The van der Waals surface area contributed by atoms with E-state index < -0.39 is 0 Å². The number of fused-ring (bicyclic) bond motifs is 1. The minimum absolute atomic E-state index is 0.140. The Morgan fingerprint density at radius 3 is 2.50 bits per heavy atom. The monoisotopic (exact) mass is 355 g/mol. The van der Waals surface area contributed by atoms with Crippen LogP contribution in [0.25, 0.3) is 0 Å². The molecule has 1 saturated carbocycles. The smallest absolute Gasteiger partial charge is 0.226 e. The van der Waals surface area contributed by atoms with E-state index in [2.05, 4.69) is 5.10 Å². The highest BCUT2D eigenvalue weighted by molar-refractivity contribution is 5.81. The molecule has 2 heterocycles. The predicted molar refractivity (Wildman–Crippen MR) is 97.4 cm³/mol. The predicted octanol–water partition coefficient (Wildman–Crippen LogP) is 2.71. The van der Waals surface area contributed by atoms with E-state index in [1.807, 2.05) is 34.8 Å². The lowest BCUT2D eigenvalue weighted by atomic mass is 9.82. The third-order valence-electron chi connectivity index (χ3n) is 5.75. The molecule has 26 heavy (non-hydrogen) atoms. The standard InChI is InChI=1S/C20H25N3O3/c1-22-16(7-9-21-22)19-15-12-18(26-3)17(25-2)11-14(15)8-10-23(19)20(24)13-5-4-6-13/h7,9,11-13,19H,4-6,8,10H2,1-3H3/t19-/m0/s1. The number of rotatable bonds is 4. The Labute approximate surface area is 153 Å². The van der Waals surface area contributed by atoms with Gasteiger partial charge in [-0.15, -0.1) is 0 Å². The third-order valence-corrected chi connectivity index (χ3v) is 5.75. The SMILES string of the molecule is COc1cc2c(cc1OC)[C@@H](c1ccnn1C)N(C(=O)C1CCC1)CC2. The van der Waals surface area contributed by atoms with Gasteiger partial charge in [0.15, 0.2) is 11.5 Å². The van der Waals surface area contributed by atoms with E-state index in [-0.39, 0.29) is 17.9 Å². The number of aryl methyl sites for hydroxylation is 1. The van der Waals surface area contributed by atoms with Crippen LogP contribution in [-0.2, 0) is 18.3 Å². The Morgan fingerprint density at radius 1 is 1.19 bits per heavy atom. The van der Waals surface area contributed by atoms with Crippen molar-refractivity contribution >= 4 is 5.91 Å². The molecule has 1 amide bonds. The van der Waals surface area contributed by atoms with Gasteiger partial charge in [0, 0.05) is 25.7 Å². The highest BCUT2D eigenvalue weighted by Crippen LogP contribution is 2.42. The molecule has 6 nitrogen and oxygen atoms in total. The summed E-state index contributed by atoms with van der Waals surface area (Å²) in [6.07, 6.45) is 5.78. The zero-order chi connectivity index (χ0) is 18.3. The van der Waals surface area contributed by atoms with E-state index in [0.29, 0.717) is 12.3 Å². The molecular weight excluding hydrogens is 330 g/mol. The highest BCUT2D eigenvalue weighted by atomic mass is 16.5. The lowest BCUT2D eigenvalue weighted by molar-refractivity contribution is -0.140. The summed E-state index contributed by atoms with van der Waals surface area (Å²) in [5.41, 5.74) is 3.32. The second-order valence-electron chi connectivity index (χ2n) is 7.10. The number of carbonyl (C=O) groups excluding carboxylic acids is 1. The third kappa shape index (κ3) is 2.64. The number of hydrogen-bond donors (Lipinski definition) is 0. The molecule has 1 aliphatic heterocycles. The molecular formula is C20H25N3O3. The molecule has 1 aliphatic carbocycles. The van der Waals surface area contributed by atoms with Crippen molar-refractivity contribution in [2.45, 2.75) is 31.7 Å². The molecule has 0 unspecified atom stereocenters. The Hall–Kier alpha value is -2.50. The Bertz CT molecular complexity index is 826. The second kappa shape index (κ2) is 6.67. The van der Waals surface area contributed by atoms with Crippen LogP contribution in [-0.4, -0.2) is 41.4 Å². The highest BCUT2D eigenvalue weighted by Gasteiger charge is 2.38. The van der Waals surface area contributed by atoms with Crippen LogP contribution >= 0.6 is 0 Å². The fourth-order valence-corrected chi connectivity index (χ4v) is 4.04. The van der Waals surface area contributed by atoms with E-state index >= 15 is 0 Å². The first-order valence-corrected chi connectivity index (χ1v) is 9.17. The summed E-state index contributed by atoms with van der Waals surface area (Å²) in [7, 11) is 5.22. The number of carbonyl (C=O) groups is 1. The summed E-state index contributed by atoms with van der Waals surface area (Å²) >= 11 is 0. The van der Waals surface area contributed by atoms with Crippen LogP contribution in [0.4, 0.5) is 0 Å². The van der Waals surface area contributed by atoms with Crippen LogP contribution in [0.1, 0.15) is 42.1 Å². The summed E-state index contributed by atoms with van der Waals surface area (Å²) in [6, 6.07) is 5.92. The summed E-state index contributed by atoms with van der Waals surface area (Å²) in [5.74, 6) is 1.86. The zero-order valence-electron chi connectivity index (χ0n) is 15.6. The number of benzene rings is 1. The zero-order valence-corrected chi connectivity index (χ0v) is 15.6. The van der Waals surface area contributed by atoms with Gasteiger partial charge in [-0.25, -0.2) is 0 Å². The minimum atomic E-state index is -0.140. The summed E-state index contributed by atoms with van der Waals surface area (Å²) in [6.45, 7) is 0.716. The first-order valence-electron chi connectivity index (χ1n) is 9.17. The fourth-order valence-electron chi connectivity index (χ4n) is 4.04. The topological polar surface area (TPSA) is 56.6 Å². The largest absolute Gasteiger partial charge is 0.493 e. The maximum Gasteiger partial charge on any atom is 0.226 e. The molecule has 4 rings (SSSR count). The molecule has 0 bridgehead atoms. The van der Waals surface area contributed by atoms with E-state index in [9.17, 15) is 4.79 Å². The van der Waals surface area contributed by atoms with Crippen molar-refractivity contribution in [3.05, 3.63) is 41.2 Å². The van der Waals surface area contributed by atoms with Crippen LogP contribution in [0.2, 0.25) is 0 Å². The van der Waals surface area contributed by atoms with Gasteiger partial charge in [0.25, 0.3) is 0 Å². The van der Waals surface area contributed by atoms with Crippen molar-refractivity contribution in [2.24, 2.45) is 13.0 Å². The molecule has 1 aromatic heterocycles. The molecule has 0 N–H and O–H groups in total. The summed E-state index contributed by atoms with van der Waals surface area (Å²) in [5, 5.41) is 4.34. The molecule has 2 aliphatic rings. The number of methoxy groups -OCH3 is 2. The first-order chi connectivity index (χ1) is 12.6. The molecule has 138 valence electrons. The number of aromatic nitrogens is 2. The van der Waals surface area contributed by atoms with Crippen molar-refractivity contribution in [2.75, 3.05) is 20.8 Å². The quantitative estimate of drug-likeness (QED) is 0.846. The Kier molecular flexibility index (Phi) is 4.34. The van der Waals surface area contributed by atoms with E-state index in [0.717, 1.165) is 42.7 Å². The average molecular weight is 355 g/mol. The summed E-state index contributed by atoms with van der Waals surface area (Å²) < 4.78 is 12.8. The molecule has 6 heteroatoms. The Balaban J connectivity index is 1.82. The molecule has 1 atom stereocenters. The first kappa shape index (κ1) is 16.9. The van der Waals surface area contributed by atoms with Gasteiger partial charge in [0.05, 0.1) is 26.0 Å². The maximum absolute atomic E-state index is 13.1. The molecule has 0 radical (unpaired) electrons. The normalized spacial score (nSPS) is 19.7. The van der Waals surface area contributed by atoms with E-state index in [4.69, 9.17) is 9.47 Å². The van der Waals surface area contributed by atoms with Crippen molar-refractivity contribution in [3.8, 4) is 11.5 Å². The van der Waals surface area contributed by atoms with Crippen LogP contribution < -0.4 is 9.47 Å². The number of nitrogens with zero attached hydrogens (tertiary/aromatic N) is 3. The molecule has 0 spiro atoms. The van der Waals surface area contributed by atoms with Crippen LogP contribution in [0, 0.1) is 5.92 Å². The van der Waals surface area contributed by atoms with Gasteiger partial charge in [0.2, 0.25) is 5.91 Å². The van der Waals surface area contributed by atoms with Gasteiger partial charge in [-0.1, -0.05) is 6.42 Å². The second-order valence-corrected chi connectivity index (χ2v) is 7.10. The molecule has 0 saturated heterocycles. The lowest BCUT2D eigenvalue weighted by Gasteiger charge is -2.41. The maximum atomic E-state index is 13.1. The molecule has 1 fully saturated rings. The van der Waals surface area contributed by atoms with Gasteiger partial charge in [-0.2, -0.15) is 5.10 Å². The van der Waals surface area contributed by atoms with Crippen LogP contribution in [0.5, 0.6) is 11.5 Å². The number of amides is 1. The van der Waals surface area contributed by atoms with Gasteiger partial charge >= 0.3 is 0 Å². The van der Waals surface area contributed by atoms with Crippen LogP contribution in [0.15, 0.2) is 24.4 Å². The van der Waals surface area contributed by atoms with Crippen molar-refractivity contribution < 1.29 is 14.3 Å². The van der Waals surface area contributed by atoms with Gasteiger partial charge in [-0.05, 0) is 48.6 Å². The van der Waals surface area contributed by atoms with Crippen molar-refractivity contribution in [1.29, 1.82) is 0 Å². The number of hydrogen-bond acceptors (Lipinski definition) is 4. The van der Waals surface area contributed by atoms with E-state index in [1.165, 1.54) is 5.56 Å². The minimum Gasteiger partial charge on any atom is -0.493 e. The van der Waals surface area contributed by atoms with Crippen molar-refractivity contribution in [3.63, 3.8) is 0 Å². The van der Waals surface area contributed by atoms with E-state index in [1.54, 1.807) is 20.4 Å². The van der Waals surface area contributed by atoms with Gasteiger partial charge in [0.1, 0.15) is 0 Å². The average Bonchev–Trinajstić information content (AvgIpc) is 3.03. The van der Waals surface area contributed by atoms with Crippen LogP contribution in [0.3, 0.4) is 0 Å². The lowest BCUT2D eigenvalue weighted by Crippen LogP contribution is -2.45. The summed E-state index contributed by atoms with van der Waals surface area (Å²) in [4.78, 5) is 15.2. The van der Waals surface area contributed by atoms with Crippen molar-refractivity contribution in [1.82, 2.24) is 14.7 Å². The molecule has 2 aromatic rings. The Morgan fingerprint density at radius 2 is 1.92 bits per heavy atom.